The second-order valence-corrected chi connectivity index (χ2v) is 7.26. The van der Waals surface area contributed by atoms with Crippen molar-refractivity contribution in [1.82, 2.24) is 15.3 Å². The third-order valence-electron chi connectivity index (χ3n) is 4.12. The molecule has 1 aromatic heterocycles. The molecule has 2 aromatic carbocycles. The van der Waals surface area contributed by atoms with Crippen LogP contribution in [0.3, 0.4) is 0 Å². The summed E-state index contributed by atoms with van der Waals surface area (Å²) >= 11 is 2.84. The zero-order valence-corrected chi connectivity index (χ0v) is 18.1. The second kappa shape index (κ2) is 9.69. The Hall–Kier alpha value is -3.60. The van der Waals surface area contributed by atoms with E-state index in [4.69, 9.17) is 4.74 Å². The minimum atomic E-state index is -4.58. The summed E-state index contributed by atoms with van der Waals surface area (Å²) < 4.78 is 44.5. The number of carbonyl (C=O) groups excluding carboxylic acids is 2. The molecule has 2 N–H and O–H groups in total. The molecule has 0 aliphatic carbocycles. The van der Waals surface area contributed by atoms with E-state index in [9.17, 15) is 22.8 Å². The van der Waals surface area contributed by atoms with Gasteiger partial charge in [0.2, 0.25) is 0 Å². The number of nitrogens with zero attached hydrogens (tertiary/aromatic N) is 2. The van der Waals surface area contributed by atoms with Crippen molar-refractivity contribution >= 4 is 33.6 Å². The first-order valence-electron chi connectivity index (χ1n) is 9.05. The summed E-state index contributed by atoms with van der Waals surface area (Å²) in [6.07, 6.45) is -3.22. The molecule has 7 nitrogen and oxygen atoms in total. The van der Waals surface area contributed by atoms with E-state index in [1.807, 2.05) is 6.07 Å². The molecule has 0 unspecified atom stereocenters. The van der Waals surface area contributed by atoms with Crippen molar-refractivity contribution in [3.8, 4) is 11.5 Å². The number of nitrogens with one attached hydrogen (secondary N) is 2. The van der Waals surface area contributed by atoms with Crippen molar-refractivity contribution in [2.75, 3.05) is 12.5 Å². The van der Waals surface area contributed by atoms with Crippen LogP contribution in [0.4, 0.5) is 23.7 Å². The Kier molecular flexibility index (Phi) is 6.98. The van der Waals surface area contributed by atoms with Crippen molar-refractivity contribution in [2.45, 2.75) is 6.18 Å². The van der Waals surface area contributed by atoms with Gasteiger partial charge in [0.1, 0.15) is 17.2 Å². The highest BCUT2D eigenvalue weighted by molar-refractivity contribution is 9.10. The third-order valence-corrected chi connectivity index (χ3v) is 4.82. The average molecular weight is 509 g/mol. The Bertz CT molecular complexity index is 1130. The van der Waals surface area contributed by atoms with Gasteiger partial charge in [-0.05, 0) is 36.4 Å². The van der Waals surface area contributed by atoms with Crippen LogP contribution >= 0.6 is 15.9 Å². The molecule has 0 aliphatic rings. The van der Waals surface area contributed by atoms with E-state index in [1.54, 1.807) is 30.3 Å². The Morgan fingerprint density at radius 1 is 1.03 bits per heavy atom. The molecule has 32 heavy (non-hydrogen) atoms. The molecule has 0 fully saturated rings. The number of hydrogen-bond acceptors (Lipinski definition) is 5. The lowest BCUT2D eigenvalue weighted by Gasteiger charge is -2.18. The quantitative estimate of drug-likeness (QED) is 0.447. The number of benzene rings is 2. The van der Waals surface area contributed by atoms with Gasteiger partial charge < -0.3 is 4.74 Å². The SMILES string of the molecule is CN(C(=O)NNc1ccc(Br)c(C(F)(F)F)c1)C(=O)c1cc(Oc2ccccc2)ccn1. The lowest BCUT2D eigenvalue weighted by Crippen LogP contribution is -2.43. The van der Waals surface area contributed by atoms with E-state index >= 15 is 0 Å². The van der Waals surface area contributed by atoms with E-state index < -0.39 is 23.7 Å². The highest BCUT2D eigenvalue weighted by Gasteiger charge is 2.33. The van der Waals surface area contributed by atoms with Crippen LogP contribution in [0.5, 0.6) is 11.5 Å². The molecule has 3 aromatic rings. The van der Waals surface area contributed by atoms with Gasteiger partial charge in [0.25, 0.3) is 5.91 Å². The van der Waals surface area contributed by atoms with Gasteiger partial charge in [0.15, 0.2) is 0 Å². The predicted octanol–water partition coefficient (Wildman–Crippen LogP) is 5.46. The van der Waals surface area contributed by atoms with Crippen LogP contribution in [0.25, 0.3) is 0 Å². The first kappa shape index (κ1) is 23.1. The molecule has 0 spiro atoms. The van der Waals surface area contributed by atoms with Crippen LogP contribution in [0.15, 0.2) is 71.3 Å². The largest absolute Gasteiger partial charge is 0.457 e. The van der Waals surface area contributed by atoms with Gasteiger partial charge in [0, 0.05) is 23.8 Å². The number of anilines is 1. The summed E-state index contributed by atoms with van der Waals surface area (Å²) in [6.45, 7) is 0. The molecule has 3 amide bonds. The van der Waals surface area contributed by atoms with Gasteiger partial charge >= 0.3 is 12.2 Å². The molecule has 0 atom stereocenters. The Morgan fingerprint density at radius 3 is 2.44 bits per heavy atom. The maximum atomic E-state index is 13.0. The molecule has 3 rings (SSSR count). The van der Waals surface area contributed by atoms with E-state index in [0.29, 0.717) is 11.5 Å². The molecule has 0 saturated carbocycles. The molecule has 11 heteroatoms. The van der Waals surface area contributed by atoms with Gasteiger partial charge in [-0.2, -0.15) is 13.2 Å². The van der Waals surface area contributed by atoms with Crippen molar-refractivity contribution in [3.63, 3.8) is 0 Å². The minimum Gasteiger partial charge on any atom is -0.457 e. The molecule has 0 bridgehead atoms. The Morgan fingerprint density at radius 2 is 1.75 bits per heavy atom. The van der Waals surface area contributed by atoms with Crippen LogP contribution in [0.1, 0.15) is 16.1 Å². The first-order valence-corrected chi connectivity index (χ1v) is 9.84. The number of rotatable bonds is 5. The highest BCUT2D eigenvalue weighted by atomic mass is 79.9. The summed E-state index contributed by atoms with van der Waals surface area (Å²) in [5.41, 5.74) is 3.54. The smallest absolute Gasteiger partial charge is 0.417 e. The number of hydrogen-bond donors (Lipinski definition) is 2. The number of hydrazine groups is 1. The topological polar surface area (TPSA) is 83.6 Å². The zero-order valence-electron chi connectivity index (χ0n) is 16.5. The fourth-order valence-electron chi connectivity index (χ4n) is 2.51. The van der Waals surface area contributed by atoms with Crippen LogP contribution in [-0.2, 0) is 6.18 Å². The molecule has 166 valence electrons. The van der Waals surface area contributed by atoms with Crippen molar-refractivity contribution in [1.29, 1.82) is 0 Å². The molecule has 1 heterocycles. The van der Waals surface area contributed by atoms with Crippen LogP contribution in [0, 0.1) is 0 Å². The van der Waals surface area contributed by atoms with E-state index in [2.05, 4.69) is 31.8 Å². The van der Waals surface area contributed by atoms with Crippen molar-refractivity contribution in [3.05, 3.63) is 82.6 Å². The average Bonchev–Trinajstić information content (AvgIpc) is 2.77. The summed E-state index contributed by atoms with van der Waals surface area (Å²) in [6, 6.07) is 14.2. The summed E-state index contributed by atoms with van der Waals surface area (Å²) in [5.74, 6) is 0.158. The molecule has 0 radical (unpaired) electrons. The van der Waals surface area contributed by atoms with Gasteiger partial charge in [0.05, 0.1) is 11.3 Å². The normalized spacial score (nSPS) is 10.9. The monoisotopic (exact) mass is 508 g/mol. The fraction of sp³-hybridized carbons (Fsp3) is 0.0952. The van der Waals surface area contributed by atoms with E-state index in [1.165, 1.54) is 31.4 Å². The molecular weight excluding hydrogens is 493 g/mol. The molecule has 0 aliphatic heterocycles. The van der Waals surface area contributed by atoms with Crippen LogP contribution < -0.4 is 15.6 Å². The maximum absolute atomic E-state index is 13.0. The zero-order chi connectivity index (χ0) is 23.3. The standard InChI is InChI=1S/C21H16BrF3N4O3/c1-29(20(31)28-27-13-7-8-17(22)16(11-13)21(23,24)25)19(30)18-12-15(9-10-26-18)32-14-5-3-2-4-6-14/h2-12,27H,1H3,(H,28,31). The van der Waals surface area contributed by atoms with Gasteiger partial charge in [-0.25, -0.2) is 4.79 Å². The lowest BCUT2D eigenvalue weighted by atomic mass is 10.2. The third kappa shape index (κ3) is 5.76. The highest BCUT2D eigenvalue weighted by Crippen LogP contribution is 2.36. The van der Waals surface area contributed by atoms with Crippen molar-refractivity contribution < 1.29 is 27.5 Å². The number of para-hydroxylation sites is 1. The Labute approximate surface area is 189 Å². The first-order chi connectivity index (χ1) is 15.1. The number of halogens is 4. The molecule has 0 saturated heterocycles. The second-order valence-electron chi connectivity index (χ2n) is 6.40. The number of imide groups is 1. The summed E-state index contributed by atoms with van der Waals surface area (Å²) in [7, 11) is 1.20. The summed E-state index contributed by atoms with van der Waals surface area (Å²) in [5, 5.41) is 0. The number of urea groups is 1. The summed E-state index contributed by atoms with van der Waals surface area (Å²) in [4.78, 5) is 29.6. The van der Waals surface area contributed by atoms with Crippen molar-refractivity contribution in [2.24, 2.45) is 0 Å². The number of alkyl halides is 3. The number of carbonyl (C=O) groups is 2. The van der Waals surface area contributed by atoms with E-state index in [-0.39, 0.29) is 15.9 Å². The number of aromatic nitrogens is 1. The van der Waals surface area contributed by atoms with Gasteiger partial charge in [-0.1, -0.05) is 34.1 Å². The van der Waals surface area contributed by atoms with Crippen LogP contribution in [-0.4, -0.2) is 28.9 Å². The predicted molar refractivity (Wildman–Crippen MR) is 114 cm³/mol. The lowest BCUT2D eigenvalue weighted by molar-refractivity contribution is -0.138. The number of pyridine rings is 1. The molecular formula is C21H16BrF3N4O3. The van der Waals surface area contributed by atoms with Crippen LogP contribution in [0.2, 0.25) is 0 Å². The number of amides is 3. The minimum absolute atomic E-state index is 0.0221. The van der Waals surface area contributed by atoms with Gasteiger partial charge in [-0.15, -0.1) is 0 Å². The fourth-order valence-corrected chi connectivity index (χ4v) is 2.98. The maximum Gasteiger partial charge on any atom is 0.417 e. The number of ether oxygens (including phenoxy) is 1. The van der Waals surface area contributed by atoms with E-state index in [0.717, 1.165) is 11.0 Å². The Balaban J connectivity index is 1.65. The van der Waals surface area contributed by atoms with Gasteiger partial charge in [-0.3, -0.25) is 25.5 Å².